The summed E-state index contributed by atoms with van der Waals surface area (Å²) in [6.07, 6.45) is 8.97. The Morgan fingerprint density at radius 3 is 2.45 bits per heavy atom. The number of ketones is 2. The molecule has 0 aromatic rings. The highest BCUT2D eigenvalue weighted by Gasteiger charge is 2.26. The largest absolute Gasteiger partial charge is 0.504 e. The van der Waals surface area contributed by atoms with Gasteiger partial charge in [-0.3, -0.25) is 9.59 Å². The van der Waals surface area contributed by atoms with E-state index < -0.39 is 5.78 Å². The van der Waals surface area contributed by atoms with Crippen LogP contribution >= 0.6 is 0 Å². The quantitative estimate of drug-likeness (QED) is 0.545. The number of aliphatic hydroxyl groups is 1. The molecular weight excluding hydrogens is 276 g/mol. The van der Waals surface area contributed by atoms with Crippen LogP contribution in [0.25, 0.3) is 0 Å². The Kier molecular flexibility index (Phi) is 7.03. The van der Waals surface area contributed by atoms with Crippen molar-refractivity contribution in [3.63, 3.8) is 0 Å². The summed E-state index contributed by atoms with van der Waals surface area (Å²) >= 11 is 0. The van der Waals surface area contributed by atoms with E-state index in [9.17, 15) is 14.7 Å². The second-order valence-electron chi connectivity index (χ2n) is 6.01. The maximum Gasteiger partial charge on any atom is 0.223 e. The number of carbonyl (C=O) groups excluding carboxylic acids is 2. The predicted molar refractivity (Wildman–Crippen MR) is 89.7 cm³/mol. The van der Waals surface area contributed by atoms with Crippen LogP contribution in [-0.4, -0.2) is 16.7 Å². The summed E-state index contributed by atoms with van der Waals surface area (Å²) in [5.41, 5.74) is 3.07. The van der Waals surface area contributed by atoms with Crippen molar-refractivity contribution >= 4 is 11.6 Å². The van der Waals surface area contributed by atoms with Crippen molar-refractivity contribution in [1.29, 1.82) is 0 Å². The highest BCUT2D eigenvalue weighted by molar-refractivity contribution is 6.21. The zero-order valence-electron chi connectivity index (χ0n) is 14.0. The molecule has 0 unspecified atom stereocenters. The van der Waals surface area contributed by atoms with Crippen molar-refractivity contribution in [3.8, 4) is 0 Å². The molecule has 1 aliphatic rings. The maximum absolute atomic E-state index is 12.1. The number of allylic oxidation sites excluding steroid dienone is 7. The Labute approximate surface area is 133 Å². The van der Waals surface area contributed by atoms with Crippen molar-refractivity contribution in [1.82, 2.24) is 0 Å². The molecule has 0 amide bonds. The minimum atomic E-state index is -0.396. The third-order valence-electron chi connectivity index (χ3n) is 3.66. The van der Waals surface area contributed by atoms with E-state index in [2.05, 4.69) is 19.9 Å². The van der Waals surface area contributed by atoms with Gasteiger partial charge in [0.25, 0.3) is 0 Å². The summed E-state index contributed by atoms with van der Waals surface area (Å²) < 4.78 is 0. The van der Waals surface area contributed by atoms with Gasteiger partial charge in [0.15, 0.2) is 11.5 Å². The number of rotatable bonds is 7. The number of carbonyl (C=O) groups is 2. The van der Waals surface area contributed by atoms with Gasteiger partial charge >= 0.3 is 0 Å². The first-order valence-electron chi connectivity index (χ1n) is 7.87. The molecule has 1 rings (SSSR count). The van der Waals surface area contributed by atoms with E-state index in [-0.39, 0.29) is 17.1 Å². The Balaban J connectivity index is 2.75. The lowest BCUT2D eigenvalue weighted by Crippen LogP contribution is -2.19. The summed E-state index contributed by atoms with van der Waals surface area (Å²) in [6.45, 7) is 8.07. The highest BCUT2D eigenvalue weighted by atomic mass is 16.3. The van der Waals surface area contributed by atoms with Gasteiger partial charge in [0.05, 0.1) is 0 Å². The molecule has 0 atom stereocenters. The standard InChI is InChI=1S/C19H26O3/c1-5-7-15-12-17(20)16(19(22)18(15)21)11-10-14(4)9-6-8-13(2)3/h8,10,12,22H,5-7,9,11H2,1-4H3/b14-10+. The molecule has 0 bridgehead atoms. The van der Waals surface area contributed by atoms with Gasteiger partial charge in [-0.2, -0.15) is 0 Å². The van der Waals surface area contributed by atoms with Gasteiger partial charge in [0, 0.05) is 11.1 Å². The molecule has 0 radical (unpaired) electrons. The van der Waals surface area contributed by atoms with Crippen LogP contribution in [0.4, 0.5) is 0 Å². The zero-order chi connectivity index (χ0) is 16.7. The molecule has 3 nitrogen and oxygen atoms in total. The van der Waals surface area contributed by atoms with E-state index in [1.807, 2.05) is 19.9 Å². The van der Waals surface area contributed by atoms with Crippen LogP contribution in [0.1, 0.15) is 59.8 Å². The van der Waals surface area contributed by atoms with Crippen molar-refractivity contribution in [3.05, 3.63) is 46.3 Å². The Morgan fingerprint density at radius 1 is 1.18 bits per heavy atom. The molecule has 1 N–H and O–H groups in total. The first kappa shape index (κ1) is 18.1. The lowest BCUT2D eigenvalue weighted by Gasteiger charge is -2.14. The van der Waals surface area contributed by atoms with Crippen LogP contribution in [0.5, 0.6) is 0 Å². The van der Waals surface area contributed by atoms with Gasteiger partial charge in [-0.15, -0.1) is 0 Å². The van der Waals surface area contributed by atoms with Crippen molar-refractivity contribution < 1.29 is 14.7 Å². The predicted octanol–water partition coefficient (Wildman–Crippen LogP) is 4.76. The average molecular weight is 302 g/mol. The zero-order valence-corrected chi connectivity index (χ0v) is 14.0. The maximum atomic E-state index is 12.1. The van der Waals surface area contributed by atoms with Gasteiger partial charge in [0.1, 0.15) is 0 Å². The van der Waals surface area contributed by atoms with Gasteiger partial charge in [0.2, 0.25) is 5.78 Å². The Morgan fingerprint density at radius 2 is 1.86 bits per heavy atom. The topological polar surface area (TPSA) is 54.4 Å². The SMILES string of the molecule is CCCC1=CC(=O)C(C/C=C(\C)CCC=C(C)C)=C(O)C1=O. The van der Waals surface area contributed by atoms with Crippen LogP contribution in [0.15, 0.2) is 46.3 Å². The first-order chi connectivity index (χ1) is 10.4. The second-order valence-corrected chi connectivity index (χ2v) is 6.01. The summed E-state index contributed by atoms with van der Waals surface area (Å²) in [7, 11) is 0. The molecule has 0 aromatic carbocycles. The van der Waals surface area contributed by atoms with Gasteiger partial charge in [-0.1, -0.05) is 36.6 Å². The van der Waals surface area contributed by atoms with Crippen LogP contribution in [-0.2, 0) is 9.59 Å². The smallest absolute Gasteiger partial charge is 0.223 e. The molecule has 3 heteroatoms. The second kappa shape index (κ2) is 8.52. The lowest BCUT2D eigenvalue weighted by molar-refractivity contribution is -0.118. The molecule has 1 aliphatic carbocycles. The van der Waals surface area contributed by atoms with E-state index in [4.69, 9.17) is 0 Å². The molecule has 0 fully saturated rings. The summed E-state index contributed by atoms with van der Waals surface area (Å²) in [6, 6.07) is 0. The Hall–Kier alpha value is -1.90. The van der Waals surface area contributed by atoms with Gasteiger partial charge in [-0.25, -0.2) is 0 Å². The minimum Gasteiger partial charge on any atom is -0.504 e. The Bertz CT molecular complexity index is 567. The van der Waals surface area contributed by atoms with E-state index in [0.717, 1.165) is 24.8 Å². The molecule has 0 aromatic heterocycles. The van der Waals surface area contributed by atoms with Crippen molar-refractivity contribution in [2.45, 2.75) is 59.8 Å². The van der Waals surface area contributed by atoms with Crippen molar-refractivity contribution in [2.24, 2.45) is 0 Å². The monoisotopic (exact) mass is 302 g/mol. The third kappa shape index (κ3) is 5.14. The molecule has 22 heavy (non-hydrogen) atoms. The molecule has 0 saturated carbocycles. The molecular formula is C19H26O3. The number of Topliss-reactive ketones (excluding diaryl/α,β-unsaturated/α-hetero) is 1. The van der Waals surface area contributed by atoms with Crippen LogP contribution in [0.3, 0.4) is 0 Å². The third-order valence-corrected chi connectivity index (χ3v) is 3.66. The van der Waals surface area contributed by atoms with E-state index in [1.54, 1.807) is 0 Å². The van der Waals surface area contributed by atoms with Crippen LogP contribution in [0, 0.1) is 0 Å². The van der Waals surface area contributed by atoms with Crippen LogP contribution in [0.2, 0.25) is 0 Å². The van der Waals surface area contributed by atoms with E-state index >= 15 is 0 Å². The molecule has 0 heterocycles. The summed E-state index contributed by atoms with van der Waals surface area (Å²) in [5, 5.41) is 10.00. The lowest BCUT2D eigenvalue weighted by atomic mass is 9.90. The summed E-state index contributed by atoms with van der Waals surface area (Å²) in [5.74, 6) is -1.01. The fourth-order valence-corrected chi connectivity index (χ4v) is 2.34. The van der Waals surface area contributed by atoms with Gasteiger partial charge in [-0.05, 0) is 52.5 Å². The molecule has 0 spiro atoms. The molecule has 0 aliphatic heterocycles. The first-order valence-corrected chi connectivity index (χ1v) is 7.87. The normalized spacial score (nSPS) is 16.0. The van der Waals surface area contributed by atoms with Crippen LogP contribution < -0.4 is 0 Å². The highest BCUT2D eigenvalue weighted by Crippen LogP contribution is 2.23. The van der Waals surface area contributed by atoms with Gasteiger partial charge < -0.3 is 5.11 Å². The fourth-order valence-electron chi connectivity index (χ4n) is 2.34. The van der Waals surface area contributed by atoms with E-state index in [0.29, 0.717) is 18.4 Å². The van der Waals surface area contributed by atoms with Crippen molar-refractivity contribution in [2.75, 3.05) is 0 Å². The number of aliphatic hydroxyl groups excluding tert-OH is 1. The molecule has 0 saturated heterocycles. The molecule has 120 valence electrons. The number of hydrogen-bond acceptors (Lipinski definition) is 3. The minimum absolute atomic E-state index is 0.214. The fraction of sp³-hybridized carbons (Fsp3) is 0.474. The summed E-state index contributed by atoms with van der Waals surface area (Å²) in [4.78, 5) is 24.1. The van der Waals surface area contributed by atoms with E-state index in [1.165, 1.54) is 11.6 Å². The average Bonchev–Trinajstić information content (AvgIpc) is 2.44. The number of hydrogen-bond donors (Lipinski definition) is 1.